The summed E-state index contributed by atoms with van der Waals surface area (Å²) in [6, 6.07) is 0. The SMILES string of the molecule is CCS(=O)(=O)CC1=NC=C(C)S1(=O)=O. The molecule has 1 aliphatic rings. The molecular weight excluding hydrogens is 226 g/mol. The molecule has 1 aliphatic heterocycles. The molecular formula is C7H11NO4S2. The highest BCUT2D eigenvalue weighted by molar-refractivity contribution is 8.11. The number of rotatable bonds is 3. The first-order valence-corrected chi connectivity index (χ1v) is 7.29. The van der Waals surface area contributed by atoms with Gasteiger partial charge in [0.15, 0.2) is 14.9 Å². The number of hydrogen-bond acceptors (Lipinski definition) is 5. The Kier molecular flexibility index (Phi) is 2.82. The Hall–Kier alpha value is -0.690. The van der Waals surface area contributed by atoms with Gasteiger partial charge in [-0.3, -0.25) is 0 Å². The molecule has 7 heteroatoms. The fourth-order valence-electron chi connectivity index (χ4n) is 0.893. The Morgan fingerprint density at radius 1 is 1.43 bits per heavy atom. The predicted molar refractivity (Wildman–Crippen MR) is 54.4 cm³/mol. The summed E-state index contributed by atoms with van der Waals surface area (Å²) >= 11 is 0. The van der Waals surface area contributed by atoms with Crippen molar-refractivity contribution in [2.45, 2.75) is 13.8 Å². The Labute approximate surface area is 83.4 Å². The molecule has 0 aromatic carbocycles. The fraction of sp³-hybridized carbons (Fsp3) is 0.571. The molecule has 14 heavy (non-hydrogen) atoms. The Morgan fingerprint density at radius 2 is 2.00 bits per heavy atom. The minimum atomic E-state index is -3.58. The number of sulfone groups is 2. The Bertz CT molecular complexity index is 496. The van der Waals surface area contributed by atoms with Gasteiger partial charge in [-0.25, -0.2) is 21.8 Å². The van der Waals surface area contributed by atoms with Crippen LogP contribution in [0.3, 0.4) is 0 Å². The first-order chi connectivity index (χ1) is 6.29. The van der Waals surface area contributed by atoms with Crippen molar-refractivity contribution in [1.29, 1.82) is 0 Å². The van der Waals surface area contributed by atoms with Crippen molar-refractivity contribution in [3.63, 3.8) is 0 Å². The third kappa shape index (κ3) is 2.03. The van der Waals surface area contributed by atoms with Gasteiger partial charge in [0.2, 0.25) is 9.84 Å². The van der Waals surface area contributed by atoms with Crippen molar-refractivity contribution in [1.82, 2.24) is 0 Å². The van der Waals surface area contributed by atoms with Crippen LogP contribution >= 0.6 is 0 Å². The minimum Gasteiger partial charge on any atom is -0.247 e. The van der Waals surface area contributed by atoms with E-state index in [0.29, 0.717) is 0 Å². The highest BCUT2D eigenvalue weighted by Crippen LogP contribution is 2.17. The highest BCUT2D eigenvalue weighted by atomic mass is 32.2. The van der Waals surface area contributed by atoms with Crippen LogP contribution in [0.4, 0.5) is 0 Å². The van der Waals surface area contributed by atoms with Gasteiger partial charge in [0.25, 0.3) is 0 Å². The van der Waals surface area contributed by atoms with Crippen LogP contribution in [0.1, 0.15) is 13.8 Å². The molecule has 1 heterocycles. The first kappa shape index (κ1) is 11.4. The molecule has 0 spiro atoms. The molecule has 1 rings (SSSR count). The summed E-state index contributed by atoms with van der Waals surface area (Å²) in [7, 11) is -6.92. The maximum atomic E-state index is 11.4. The van der Waals surface area contributed by atoms with E-state index < -0.39 is 25.4 Å². The summed E-state index contributed by atoms with van der Waals surface area (Å²) in [6.07, 6.45) is 1.18. The van der Waals surface area contributed by atoms with Crippen LogP contribution in [0.5, 0.6) is 0 Å². The largest absolute Gasteiger partial charge is 0.247 e. The smallest absolute Gasteiger partial charge is 0.218 e. The zero-order valence-corrected chi connectivity index (χ0v) is 9.52. The van der Waals surface area contributed by atoms with E-state index in [4.69, 9.17) is 0 Å². The lowest BCUT2D eigenvalue weighted by Crippen LogP contribution is -2.23. The third-order valence-corrected chi connectivity index (χ3v) is 5.51. The van der Waals surface area contributed by atoms with Crippen molar-refractivity contribution in [3.05, 3.63) is 11.1 Å². The number of aliphatic imine (C=N–C) groups is 1. The average molecular weight is 237 g/mol. The molecule has 0 saturated heterocycles. The predicted octanol–water partition coefficient (Wildman–Crippen LogP) is 0.109. The summed E-state index contributed by atoms with van der Waals surface area (Å²) in [5, 5.41) is -0.267. The van der Waals surface area contributed by atoms with Crippen molar-refractivity contribution in [2.75, 3.05) is 11.5 Å². The molecule has 0 radical (unpaired) electrons. The summed E-state index contributed by atoms with van der Waals surface area (Å²) in [4.78, 5) is 3.69. The number of allylic oxidation sites excluding steroid dienone is 1. The van der Waals surface area contributed by atoms with Crippen molar-refractivity contribution >= 4 is 24.7 Å². The lowest BCUT2D eigenvalue weighted by Gasteiger charge is -2.01. The Balaban J connectivity index is 2.99. The Morgan fingerprint density at radius 3 is 2.36 bits per heavy atom. The van der Waals surface area contributed by atoms with Gasteiger partial charge >= 0.3 is 0 Å². The van der Waals surface area contributed by atoms with Gasteiger partial charge in [0.1, 0.15) is 5.75 Å². The maximum Gasteiger partial charge on any atom is 0.218 e. The average Bonchev–Trinajstić information content (AvgIpc) is 2.32. The van der Waals surface area contributed by atoms with E-state index in [1.54, 1.807) is 0 Å². The molecule has 0 aromatic heterocycles. The van der Waals surface area contributed by atoms with E-state index in [1.165, 1.54) is 20.0 Å². The molecule has 0 atom stereocenters. The lowest BCUT2D eigenvalue weighted by molar-refractivity contribution is 0.599. The zero-order valence-electron chi connectivity index (χ0n) is 7.89. The summed E-state index contributed by atoms with van der Waals surface area (Å²) in [5.74, 6) is -0.583. The van der Waals surface area contributed by atoms with Crippen LogP contribution < -0.4 is 0 Å². The topological polar surface area (TPSA) is 80.6 Å². The van der Waals surface area contributed by atoms with Crippen LogP contribution in [0.25, 0.3) is 0 Å². The quantitative estimate of drug-likeness (QED) is 0.697. The van der Waals surface area contributed by atoms with Crippen LogP contribution in [-0.2, 0) is 19.7 Å². The second-order valence-corrected chi connectivity index (χ2v) is 7.42. The van der Waals surface area contributed by atoms with Crippen molar-refractivity contribution < 1.29 is 16.8 Å². The van der Waals surface area contributed by atoms with Gasteiger partial charge < -0.3 is 0 Å². The molecule has 0 aromatic rings. The van der Waals surface area contributed by atoms with Gasteiger partial charge in [0.05, 0.1) is 4.91 Å². The number of nitrogens with zero attached hydrogens (tertiary/aromatic N) is 1. The van der Waals surface area contributed by atoms with Gasteiger partial charge in [-0.05, 0) is 6.92 Å². The van der Waals surface area contributed by atoms with Crippen LogP contribution in [0.15, 0.2) is 16.1 Å². The number of hydrogen-bond donors (Lipinski definition) is 0. The fourth-order valence-corrected chi connectivity index (χ4v) is 3.46. The van der Waals surface area contributed by atoms with Crippen LogP contribution in [0, 0.1) is 0 Å². The molecule has 0 unspecified atom stereocenters. The van der Waals surface area contributed by atoms with E-state index in [9.17, 15) is 16.8 Å². The maximum absolute atomic E-state index is 11.4. The highest BCUT2D eigenvalue weighted by Gasteiger charge is 2.29. The summed E-state index contributed by atoms with van der Waals surface area (Å²) in [5.41, 5.74) is 0. The van der Waals surface area contributed by atoms with Gasteiger partial charge in [-0.2, -0.15) is 0 Å². The second kappa shape index (κ2) is 3.47. The molecule has 0 amide bonds. The van der Waals surface area contributed by atoms with Gasteiger partial charge in [-0.1, -0.05) is 6.92 Å². The lowest BCUT2D eigenvalue weighted by atomic mass is 10.7. The second-order valence-electron chi connectivity index (χ2n) is 2.94. The minimum absolute atomic E-state index is 0.0828. The summed E-state index contributed by atoms with van der Waals surface area (Å²) in [6.45, 7) is 2.86. The van der Waals surface area contributed by atoms with E-state index in [-0.39, 0.29) is 15.7 Å². The van der Waals surface area contributed by atoms with E-state index in [2.05, 4.69) is 4.99 Å². The molecule has 5 nitrogen and oxygen atoms in total. The summed E-state index contributed by atoms with van der Waals surface area (Å²) < 4.78 is 45.2. The van der Waals surface area contributed by atoms with E-state index >= 15 is 0 Å². The van der Waals surface area contributed by atoms with Gasteiger partial charge in [-0.15, -0.1) is 0 Å². The molecule has 0 saturated carbocycles. The standard InChI is InChI=1S/C7H11NO4S2/c1-3-13(9,10)5-7-8-4-6(2)14(7,11)12/h4H,3,5H2,1-2H3. The third-order valence-electron chi connectivity index (χ3n) is 1.91. The molecule has 80 valence electrons. The van der Waals surface area contributed by atoms with Crippen LogP contribution in [0.2, 0.25) is 0 Å². The zero-order chi connectivity index (χ0) is 11.0. The van der Waals surface area contributed by atoms with E-state index in [0.717, 1.165) is 0 Å². The van der Waals surface area contributed by atoms with Gasteiger partial charge in [0, 0.05) is 12.0 Å². The molecule has 0 bridgehead atoms. The van der Waals surface area contributed by atoms with E-state index in [1.807, 2.05) is 0 Å². The molecule has 0 fully saturated rings. The van der Waals surface area contributed by atoms with Crippen molar-refractivity contribution in [3.8, 4) is 0 Å². The van der Waals surface area contributed by atoms with Crippen molar-refractivity contribution in [2.24, 2.45) is 4.99 Å². The first-order valence-electron chi connectivity index (χ1n) is 3.98. The molecule has 0 N–H and O–H groups in total. The molecule has 0 aliphatic carbocycles. The monoisotopic (exact) mass is 237 g/mol. The normalized spacial score (nSPS) is 20.4. The van der Waals surface area contributed by atoms with Crippen LogP contribution in [-0.4, -0.2) is 33.4 Å².